The van der Waals surface area contributed by atoms with Gasteiger partial charge >= 0.3 is 0 Å². The lowest BCUT2D eigenvalue weighted by molar-refractivity contribution is 0.148. The highest BCUT2D eigenvalue weighted by Gasteiger charge is 2.36. The smallest absolute Gasteiger partial charge is 0.133 e. The van der Waals surface area contributed by atoms with E-state index in [1.54, 1.807) is 18.2 Å². The van der Waals surface area contributed by atoms with Crippen LogP contribution in [-0.2, 0) is 6.42 Å². The summed E-state index contributed by atoms with van der Waals surface area (Å²) in [6, 6.07) is 10.8. The summed E-state index contributed by atoms with van der Waals surface area (Å²) in [6.07, 6.45) is 0.960. The summed E-state index contributed by atoms with van der Waals surface area (Å²) >= 11 is 0. The summed E-state index contributed by atoms with van der Waals surface area (Å²) in [5, 5.41) is 19.6. The molecule has 3 rings (SSSR count). The van der Waals surface area contributed by atoms with E-state index in [9.17, 15) is 10.2 Å². The Morgan fingerprint density at radius 2 is 2.11 bits per heavy atom. The summed E-state index contributed by atoms with van der Waals surface area (Å²) in [7, 11) is 0. The van der Waals surface area contributed by atoms with Crippen LogP contribution in [-0.4, -0.2) is 10.2 Å². The fourth-order valence-corrected chi connectivity index (χ4v) is 2.47. The average molecular weight is 258 g/mol. The summed E-state index contributed by atoms with van der Waals surface area (Å²) in [6.45, 7) is 2.20. The molecular weight excluding hydrogens is 240 g/mol. The largest absolute Gasteiger partial charge is 0.508 e. The molecule has 1 aromatic carbocycles. The molecule has 1 aliphatic carbocycles. The Balaban J connectivity index is 1.70. The summed E-state index contributed by atoms with van der Waals surface area (Å²) < 4.78 is 5.73. The Morgan fingerprint density at radius 1 is 1.32 bits per heavy atom. The Labute approximate surface area is 112 Å². The van der Waals surface area contributed by atoms with Crippen molar-refractivity contribution in [1.29, 1.82) is 0 Å². The lowest BCUT2D eigenvalue weighted by Crippen LogP contribution is -2.00. The van der Waals surface area contributed by atoms with Crippen LogP contribution < -0.4 is 0 Å². The van der Waals surface area contributed by atoms with E-state index in [0.717, 1.165) is 11.3 Å². The van der Waals surface area contributed by atoms with Crippen LogP contribution in [0.25, 0.3) is 0 Å². The Hall–Kier alpha value is -1.74. The molecule has 1 fully saturated rings. The number of phenols is 1. The molecule has 3 heteroatoms. The molecule has 1 saturated carbocycles. The molecule has 1 aliphatic rings. The average Bonchev–Trinajstić information content (AvgIpc) is 2.91. The van der Waals surface area contributed by atoms with E-state index in [1.807, 2.05) is 18.2 Å². The first-order chi connectivity index (χ1) is 9.13. The monoisotopic (exact) mass is 258 g/mol. The van der Waals surface area contributed by atoms with Gasteiger partial charge in [-0.25, -0.2) is 0 Å². The minimum atomic E-state index is -0.662. The first-order valence-electron chi connectivity index (χ1n) is 6.69. The molecule has 0 bridgehead atoms. The summed E-state index contributed by atoms with van der Waals surface area (Å²) in [4.78, 5) is 0. The molecule has 100 valence electrons. The van der Waals surface area contributed by atoms with Crippen molar-refractivity contribution in [1.82, 2.24) is 0 Å². The molecule has 19 heavy (non-hydrogen) atoms. The van der Waals surface area contributed by atoms with Gasteiger partial charge in [0.05, 0.1) is 0 Å². The highest BCUT2D eigenvalue weighted by molar-refractivity contribution is 5.28. The molecule has 2 N–H and O–H groups in total. The maximum Gasteiger partial charge on any atom is 0.133 e. The number of benzene rings is 1. The number of aromatic hydroxyl groups is 1. The molecule has 3 unspecified atom stereocenters. The molecule has 1 aromatic heterocycles. The zero-order valence-electron chi connectivity index (χ0n) is 10.9. The minimum absolute atomic E-state index is 0.219. The van der Waals surface area contributed by atoms with Gasteiger partial charge in [-0.3, -0.25) is 0 Å². The zero-order chi connectivity index (χ0) is 13.4. The number of aliphatic hydroxyl groups is 1. The van der Waals surface area contributed by atoms with Crippen LogP contribution in [0.2, 0.25) is 0 Å². The Kier molecular flexibility index (Phi) is 3.07. The van der Waals surface area contributed by atoms with Crippen LogP contribution in [0.15, 0.2) is 40.8 Å². The SMILES string of the molecule is CC1CC1c1ccc(C(O)Cc2cccc(O)c2)o1. The van der Waals surface area contributed by atoms with E-state index in [2.05, 4.69) is 6.92 Å². The quantitative estimate of drug-likeness (QED) is 0.883. The van der Waals surface area contributed by atoms with Crippen LogP contribution in [0.1, 0.15) is 42.5 Å². The molecule has 2 aromatic rings. The van der Waals surface area contributed by atoms with Crippen LogP contribution in [0.3, 0.4) is 0 Å². The van der Waals surface area contributed by atoms with Crippen molar-refractivity contribution >= 4 is 0 Å². The van der Waals surface area contributed by atoms with Crippen LogP contribution in [0, 0.1) is 5.92 Å². The normalized spacial score (nSPS) is 23.3. The van der Waals surface area contributed by atoms with Gasteiger partial charge in [0, 0.05) is 12.3 Å². The second kappa shape index (κ2) is 4.74. The molecule has 0 saturated heterocycles. The topological polar surface area (TPSA) is 53.6 Å². The number of phenolic OH excluding ortho intramolecular Hbond substituents is 1. The van der Waals surface area contributed by atoms with Gasteiger partial charge < -0.3 is 14.6 Å². The van der Waals surface area contributed by atoms with E-state index in [4.69, 9.17) is 4.42 Å². The third kappa shape index (κ3) is 2.66. The molecular formula is C16H18O3. The first kappa shape index (κ1) is 12.3. The van der Waals surface area contributed by atoms with Gasteiger partial charge in [0.25, 0.3) is 0 Å². The molecule has 0 radical (unpaired) electrons. The van der Waals surface area contributed by atoms with Gasteiger partial charge in [-0.15, -0.1) is 0 Å². The number of hydrogen-bond donors (Lipinski definition) is 2. The third-order valence-corrected chi connectivity index (χ3v) is 3.79. The second-order valence-electron chi connectivity index (χ2n) is 5.45. The van der Waals surface area contributed by atoms with E-state index in [1.165, 1.54) is 6.42 Å². The summed E-state index contributed by atoms with van der Waals surface area (Å²) in [5.41, 5.74) is 0.894. The number of hydrogen-bond acceptors (Lipinski definition) is 3. The van der Waals surface area contributed by atoms with Crippen molar-refractivity contribution in [2.45, 2.75) is 31.8 Å². The molecule has 0 amide bonds. The number of furan rings is 1. The molecule has 0 spiro atoms. The van der Waals surface area contributed by atoms with Crippen molar-refractivity contribution in [3.8, 4) is 5.75 Å². The van der Waals surface area contributed by atoms with Gasteiger partial charge in [0.2, 0.25) is 0 Å². The van der Waals surface area contributed by atoms with E-state index in [-0.39, 0.29) is 5.75 Å². The molecule has 1 heterocycles. The predicted molar refractivity (Wildman–Crippen MR) is 72.0 cm³/mol. The maximum atomic E-state index is 10.2. The number of aliphatic hydroxyl groups excluding tert-OH is 1. The van der Waals surface area contributed by atoms with Crippen LogP contribution in [0.4, 0.5) is 0 Å². The van der Waals surface area contributed by atoms with Gasteiger partial charge in [-0.2, -0.15) is 0 Å². The van der Waals surface area contributed by atoms with Crippen molar-refractivity contribution in [2.75, 3.05) is 0 Å². The lowest BCUT2D eigenvalue weighted by Gasteiger charge is -2.08. The highest BCUT2D eigenvalue weighted by atomic mass is 16.4. The number of rotatable bonds is 4. The summed E-state index contributed by atoms with van der Waals surface area (Å²) in [5.74, 6) is 3.04. The van der Waals surface area contributed by atoms with Crippen LogP contribution >= 0.6 is 0 Å². The Morgan fingerprint density at radius 3 is 2.79 bits per heavy atom. The van der Waals surface area contributed by atoms with Gasteiger partial charge in [0.1, 0.15) is 23.4 Å². The highest BCUT2D eigenvalue weighted by Crippen LogP contribution is 2.47. The molecule has 3 atom stereocenters. The minimum Gasteiger partial charge on any atom is -0.508 e. The fraction of sp³-hybridized carbons (Fsp3) is 0.375. The van der Waals surface area contributed by atoms with Crippen molar-refractivity contribution < 1.29 is 14.6 Å². The van der Waals surface area contributed by atoms with Gasteiger partial charge in [-0.1, -0.05) is 19.1 Å². The Bertz CT molecular complexity index is 573. The maximum absolute atomic E-state index is 10.2. The zero-order valence-corrected chi connectivity index (χ0v) is 10.9. The predicted octanol–water partition coefficient (Wildman–Crippen LogP) is 3.38. The fourth-order valence-electron chi connectivity index (χ4n) is 2.47. The lowest BCUT2D eigenvalue weighted by atomic mass is 10.1. The van der Waals surface area contributed by atoms with Crippen molar-refractivity contribution in [3.63, 3.8) is 0 Å². The van der Waals surface area contributed by atoms with E-state index < -0.39 is 6.10 Å². The molecule has 0 aliphatic heterocycles. The van der Waals surface area contributed by atoms with Gasteiger partial charge in [-0.05, 0) is 42.2 Å². The van der Waals surface area contributed by atoms with Crippen molar-refractivity contribution in [2.24, 2.45) is 5.92 Å². The first-order valence-corrected chi connectivity index (χ1v) is 6.69. The second-order valence-corrected chi connectivity index (χ2v) is 5.45. The molecule has 3 nitrogen and oxygen atoms in total. The third-order valence-electron chi connectivity index (χ3n) is 3.79. The van der Waals surface area contributed by atoms with E-state index >= 15 is 0 Å². The van der Waals surface area contributed by atoms with Crippen molar-refractivity contribution in [3.05, 3.63) is 53.5 Å². The van der Waals surface area contributed by atoms with Gasteiger partial charge in [0.15, 0.2) is 0 Å². The van der Waals surface area contributed by atoms with Crippen LogP contribution in [0.5, 0.6) is 5.75 Å². The standard InChI is InChI=1S/C16H18O3/c1-10-7-13(10)15-5-6-16(19-15)14(18)9-11-3-2-4-12(17)8-11/h2-6,8,10,13-14,17-18H,7,9H2,1H3. The van der Waals surface area contributed by atoms with E-state index in [0.29, 0.717) is 24.0 Å².